The molecule has 1 aromatic carbocycles. The van der Waals surface area contributed by atoms with Gasteiger partial charge in [-0.15, -0.1) is 0 Å². The van der Waals surface area contributed by atoms with Crippen molar-refractivity contribution in [3.63, 3.8) is 0 Å². The van der Waals surface area contributed by atoms with Gasteiger partial charge in [-0.1, -0.05) is 39.3 Å². The van der Waals surface area contributed by atoms with Gasteiger partial charge in [0.15, 0.2) is 0 Å². The van der Waals surface area contributed by atoms with Crippen LogP contribution in [0.5, 0.6) is 5.75 Å². The Kier molecular flexibility index (Phi) is 9.05. The molecule has 2 saturated heterocycles. The van der Waals surface area contributed by atoms with Crippen LogP contribution in [0.15, 0.2) is 24.4 Å². The number of fused-ring (bicyclic) bond motifs is 1. The van der Waals surface area contributed by atoms with E-state index in [-0.39, 0.29) is 35.0 Å². The number of ether oxygens (including phenoxy) is 2. The molecule has 0 spiro atoms. The van der Waals surface area contributed by atoms with E-state index >= 15 is 0 Å². The van der Waals surface area contributed by atoms with Gasteiger partial charge in [0.1, 0.15) is 23.5 Å². The molecule has 11 nitrogen and oxygen atoms in total. The first-order valence-corrected chi connectivity index (χ1v) is 17.4. The third kappa shape index (κ3) is 6.53. The molecule has 3 aliphatic heterocycles. The molecule has 6 rings (SSSR count). The van der Waals surface area contributed by atoms with E-state index in [2.05, 4.69) is 48.5 Å². The van der Waals surface area contributed by atoms with Crippen molar-refractivity contribution in [2.24, 2.45) is 16.7 Å². The quantitative estimate of drug-likeness (QED) is 0.385. The van der Waals surface area contributed by atoms with Crippen LogP contribution in [-0.2, 0) is 11.3 Å². The van der Waals surface area contributed by atoms with Gasteiger partial charge in [-0.2, -0.15) is 5.26 Å². The molecule has 1 saturated carbocycles. The number of nitriles is 1. The topological polar surface area (TPSA) is 115 Å². The van der Waals surface area contributed by atoms with Gasteiger partial charge in [0.25, 0.3) is 5.91 Å². The van der Waals surface area contributed by atoms with Gasteiger partial charge in [-0.3, -0.25) is 9.69 Å². The van der Waals surface area contributed by atoms with Crippen molar-refractivity contribution in [2.45, 2.75) is 85.6 Å². The minimum Gasteiger partial charge on any atom is -0.489 e. The molecular formula is C36H48ClN7O4. The Morgan fingerprint density at radius 2 is 1.73 bits per heavy atom. The maximum absolute atomic E-state index is 13.7. The number of hydrogen-bond donors (Lipinski definition) is 0. The van der Waals surface area contributed by atoms with Crippen LogP contribution in [0.25, 0.3) is 0 Å². The van der Waals surface area contributed by atoms with E-state index in [9.17, 15) is 14.9 Å². The molecule has 0 atom stereocenters. The molecule has 0 N–H and O–H groups in total. The summed E-state index contributed by atoms with van der Waals surface area (Å²) in [5.74, 6) is 1.85. The number of hydrogen-bond acceptors (Lipinski definition) is 9. The third-order valence-corrected chi connectivity index (χ3v) is 10.8. The molecule has 0 bridgehead atoms. The lowest BCUT2D eigenvalue weighted by molar-refractivity contribution is -0.199. The van der Waals surface area contributed by atoms with Crippen LogP contribution in [0, 0.1) is 28.1 Å². The predicted octanol–water partition coefficient (Wildman–Crippen LogP) is 5.61. The SMILES string of the molecule is CC(C)(C)OC(=O)N1CCN(CC2CCN(c3ncc4c(n3)CN(C3C(C)(C)C(Oc5ccc(C#N)c(Cl)c5)C3(C)C)C4=O)CC2)CC1. The number of amides is 2. The van der Waals surface area contributed by atoms with Crippen LogP contribution >= 0.6 is 11.6 Å². The fourth-order valence-electron chi connectivity index (χ4n) is 8.59. The molecule has 4 heterocycles. The van der Waals surface area contributed by atoms with Gasteiger partial charge in [-0.05, 0) is 51.7 Å². The number of piperidine rings is 1. The number of anilines is 1. The van der Waals surface area contributed by atoms with E-state index < -0.39 is 5.60 Å². The molecule has 258 valence electrons. The van der Waals surface area contributed by atoms with E-state index in [1.54, 1.807) is 24.4 Å². The maximum Gasteiger partial charge on any atom is 0.410 e. The van der Waals surface area contributed by atoms with Crippen molar-refractivity contribution in [1.29, 1.82) is 5.26 Å². The minimum absolute atomic E-state index is 0.0342. The average Bonchev–Trinajstić information content (AvgIpc) is 3.33. The zero-order chi connectivity index (χ0) is 34.6. The first kappa shape index (κ1) is 34.3. The molecule has 3 fully saturated rings. The first-order valence-electron chi connectivity index (χ1n) is 17.1. The van der Waals surface area contributed by atoms with E-state index in [0.717, 1.165) is 51.3 Å². The highest BCUT2D eigenvalue weighted by Gasteiger charge is 2.67. The summed E-state index contributed by atoms with van der Waals surface area (Å²) in [4.78, 5) is 44.2. The van der Waals surface area contributed by atoms with Gasteiger partial charge >= 0.3 is 6.09 Å². The van der Waals surface area contributed by atoms with Crippen LogP contribution < -0.4 is 9.64 Å². The highest BCUT2D eigenvalue weighted by atomic mass is 35.5. The highest BCUT2D eigenvalue weighted by molar-refractivity contribution is 6.31. The summed E-state index contributed by atoms with van der Waals surface area (Å²) in [5.41, 5.74) is 0.600. The van der Waals surface area contributed by atoms with Crippen molar-refractivity contribution >= 4 is 29.5 Å². The summed E-state index contributed by atoms with van der Waals surface area (Å²) in [5, 5.41) is 9.59. The third-order valence-electron chi connectivity index (χ3n) is 10.5. The van der Waals surface area contributed by atoms with Crippen LogP contribution in [0.1, 0.15) is 82.9 Å². The van der Waals surface area contributed by atoms with E-state index in [1.165, 1.54) is 0 Å². The Morgan fingerprint density at radius 1 is 1.06 bits per heavy atom. The molecule has 12 heteroatoms. The number of halogens is 1. The lowest BCUT2D eigenvalue weighted by atomic mass is 9.49. The molecular weight excluding hydrogens is 630 g/mol. The second kappa shape index (κ2) is 12.7. The Bertz CT molecular complexity index is 1580. The minimum atomic E-state index is -0.478. The zero-order valence-electron chi connectivity index (χ0n) is 29.3. The van der Waals surface area contributed by atoms with E-state index in [0.29, 0.717) is 53.4 Å². The number of rotatable bonds is 6. The zero-order valence-corrected chi connectivity index (χ0v) is 30.0. The van der Waals surface area contributed by atoms with E-state index in [1.807, 2.05) is 30.6 Å². The van der Waals surface area contributed by atoms with Crippen molar-refractivity contribution < 1.29 is 19.1 Å². The van der Waals surface area contributed by atoms with Gasteiger partial charge in [0, 0.05) is 74.9 Å². The number of carbonyl (C=O) groups excluding carboxylic acids is 2. The molecule has 1 aliphatic carbocycles. The number of nitrogens with zero attached hydrogens (tertiary/aromatic N) is 7. The van der Waals surface area contributed by atoms with Crippen LogP contribution in [0.2, 0.25) is 5.02 Å². The highest BCUT2D eigenvalue weighted by Crippen LogP contribution is 2.59. The number of piperazine rings is 1. The summed E-state index contributed by atoms with van der Waals surface area (Å²) in [6.07, 6.45) is 3.41. The standard InChI is InChI=1S/C36H48ClN7O4/c1-34(2,3)48-33(46)43-16-14-41(15-17-43)21-23-10-12-42(13-11-23)32-39-20-26-28(40-32)22-44(29(26)45)30-35(4,5)31(36(30,6)7)47-25-9-8-24(19-38)27(37)18-25/h8-9,18,20,23,30-31H,10-17,21-22H2,1-7H3. The van der Waals surface area contributed by atoms with Crippen LogP contribution in [0.3, 0.4) is 0 Å². The summed E-state index contributed by atoms with van der Waals surface area (Å²) in [7, 11) is 0. The second-order valence-corrected chi connectivity index (χ2v) is 16.4. The molecule has 0 unspecified atom stereocenters. The summed E-state index contributed by atoms with van der Waals surface area (Å²) in [6, 6.07) is 7.14. The number of benzene rings is 1. The van der Waals surface area contributed by atoms with Crippen molar-refractivity contribution in [3.8, 4) is 11.8 Å². The summed E-state index contributed by atoms with van der Waals surface area (Å²) in [6.45, 7) is 20.6. The van der Waals surface area contributed by atoms with Gasteiger partial charge < -0.3 is 24.2 Å². The van der Waals surface area contributed by atoms with Crippen molar-refractivity contribution in [2.75, 3.05) is 50.7 Å². The fraction of sp³-hybridized carbons (Fsp3) is 0.639. The second-order valence-electron chi connectivity index (χ2n) is 16.0. The molecule has 0 radical (unpaired) electrons. The molecule has 2 amide bonds. The van der Waals surface area contributed by atoms with Gasteiger partial charge in [0.2, 0.25) is 5.95 Å². The largest absolute Gasteiger partial charge is 0.489 e. The Morgan fingerprint density at radius 3 is 2.33 bits per heavy atom. The lowest BCUT2D eigenvalue weighted by Crippen LogP contribution is -2.74. The Hall–Kier alpha value is -3.62. The first-order chi connectivity index (χ1) is 22.6. The van der Waals surface area contributed by atoms with Crippen LogP contribution in [0.4, 0.5) is 10.7 Å². The Balaban J connectivity index is 1.03. The monoisotopic (exact) mass is 677 g/mol. The predicted molar refractivity (Wildman–Crippen MR) is 183 cm³/mol. The van der Waals surface area contributed by atoms with Crippen molar-refractivity contribution in [3.05, 3.63) is 46.2 Å². The lowest BCUT2D eigenvalue weighted by Gasteiger charge is -2.65. The smallest absolute Gasteiger partial charge is 0.410 e. The van der Waals surface area contributed by atoms with E-state index in [4.69, 9.17) is 26.1 Å². The van der Waals surface area contributed by atoms with Crippen molar-refractivity contribution in [1.82, 2.24) is 24.7 Å². The van der Waals surface area contributed by atoms with Gasteiger partial charge in [0.05, 0.1) is 28.4 Å². The summed E-state index contributed by atoms with van der Waals surface area (Å²) < 4.78 is 12.0. The number of carbonyl (C=O) groups is 2. The van der Waals surface area contributed by atoms with Crippen LogP contribution in [-0.4, -0.2) is 100 Å². The Labute approximate surface area is 289 Å². The molecule has 1 aromatic heterocycles. The normalized spacial score (nSPS) is 24.1. The summed E-state index contributed by atoms with van der Waals surface area (Å²) >= 11 is 6.27. The molecule has 4 aliphatic rings. The number of aromatic nitrogens is 2. The average molecular weight is 678 g/mol. The van der Waals surface area contributed by atoms with Gasteiger partial charge in [-0.25, -0.2) is 14.8 Å². The fourth-order valence-corrected chi connectivity index (χ4v) is 8.80. The maximum atomic E-state index is 13.7. The molecule has 2 aromatic rings. The molecule has 48 heavy (non-hydrogen) atoms.